The molecule has 0 aliphatic carbocycles. The molecule has 0 saturated carbocycles. The van der Waals surface area contributed by atoms with Crippen LogP contribution in [0.3, 0.4) is 0 Å². The monoisotopic (exact) mass is 576 g/mol. The summed E-state index contributed by atoms with van der Waals surface area (Å²) in [5.74, 6) is -0.0262. The van der Waals surface area contributed by atoms with Gasteiger partial charge in [0.15, 0.2) is 24.7 Å². The van der Waals surface area contributed by atoms with Crippen LogP contribution in [0.25, 0.3) is 0 Å². The fraction of sp³-hybridized carbons (Fsp3) is 0.385. The highest BCUT2D eigenvalue weighted by atomic mass is 79.9. The fourth-order valence-corrected chi connectivity index (χ4v) is 3.83. The molecule has 0 heterocycles. The normalized spacial score (nSPS) is 11.7. The molecule has 2 aromatic rings. The Bertz CT molecular complexity index is 1120. The molecule has 11 heteroatoms. The van der Waals surface area contributed by atoms with Gasteiger partial charge in [-0.15, -0.1) is 0 Å². The van der Waals surface area contributed by atoms with Crippen molar-refractivity contribution >= 4 is 39.9 Å². The Labute approximate surface area is 225 Å². The number of nitrogens with zero attached hydrogens (tertiary/aromatic N) is 1. The average molecular weight is 577 g/mol. The number of hydrogen-bond donors (Lipinski definition) is 3. The Morgan fingerprint density at radius 3 is 2.46 bits per heavy atom. The summed E-state index contributed by atoms with van der Waals surface area (Å²) < 4.78 is 17.1. The van der Waals surface area contributed by atoms with E-state index >= 15 is 0 Å². The van der Waals surface area contributed by atoms with E-state index in [1.165, 1.54) is 6.21 Å². The van der Waals surface area contributed by atoms with E-state index < -0.39 is 23.8 Å². The molecule has 0 fully saturated rings. The van der Waals surface area contributed by atoms with E-state index in [9.17, 15) is 14.4 Å². The second kappa shape index (κ2) is 14.8. The van der Waals surface area contributed by atoms with E-state index in [0.717, 1.165) is 5.56 Å². The summed E-state index contributed by atoms with van der Waals surface area (Å²) in [5.41, 5.74) is 9.14. The van der Waals surface area contributed by atoms with Gasteiger partial charge in [-0.2, -0.15) is 5.10 Å². The Balaban J connectivity index is 2.04. The molecule has 0 saturated heterocycles. The van der Waals surface area contributed by atoms with Crippen LogP contribution in [-0.2, 0) is 14.4 Å². The number of amides is 3. The van der Waals surface area contributed by atoms with Gasteiger partial charge in [0.2, 0.25) is 0 Å². The van der Waals surface area contributed by atoms with Crippen LogP contribution in [0.1, 0.15) is 38.3 Å². The van der Waals surface area contributed by atoms with Crippen molar-refractivity contribution in [3.8, 4) is 17.2 Å². The summed E-state index contributed by atoms with van der Waals surface area (Å²) in [6.07, 6.45) is 1.85. The van der Waals surface area contributed by atoms with Crippen LogP contribution in [0.2, 0.25) is 0 Å². The zero-order valence-corrected chi connectivity index (χ0v) is 23.0. The maximum absolute atomic E-state index is 12.8. The highest BCUT2D eigenvalue weighted by Crippen LogP contribution is 2.36. The Morgan fingerprint density at radius 1 is 1.08 bits per heavy atom. The molecule has 2 aromatic carbocycles. The van der Waals surface area contributed by atoms with Gasteiger partial charge >= 0.3 is 0 Å². The first kappa shape index (κ1) is 29.6. The Kier molecular flexibility index (Phi) is 11.9. The third kappa shape index (κ3) is 10.1. The Hall–Kier alpha value is -3.60. The van der Waals surface area contributed by atoms with Crippen LogP contribution in [-0.4, -0.2) is 49.8 Å². The van der Waals surface area contributed by atoms with E-state index in [2.05, 4.69) is 31.8 Å². The zero-order valence-electron chi connectivity index (χ0n) is 21.4. The van der Waals surface area contributed by atoms with E-state index in [1.807, 2.05) is 45.9 Å². The lowest BCUT2D eigenvalue weighted by atomic mass is 10.0. The standard InChI is InChI=1S/C26H33BrN4O6/c1-5-35-22-12-18(11-19(27)25(22)37-14-23(28)32)13-29-31-26(34)20(10-16(2)3)30-24(33)15-36-21-9-7-6-8-17(21)4/h6-9,11-13,16,20H,5,10,14-15H2,1-4H3,(H2,28,32)(H,30,33)(H,31,34)/b29-13-/t20-/m1/s1. The van der Waals surface area contributed by atoms with Crippen LogP contribution in [0, 0.1) is 12.8 Å². The number of carbonyl (C=O) groups excluding carboxylic acids is 3. The number of nitrogens with one attached hydrogen (secondary N) is 2. The van der Waals surface area contributed by atoms with Crippen LogP contribution >= 0.6 is 15.9 Å². The third-order valence-electron chi connectivity index (χ3n) is 4.89. The number of benzene rings is 2. The minimum atomic E-state index is -0.791. The van der Waals surface area contributed by atoms with Crippen LogP contribution in [0.5, 0.6) is 17.2 Å². The molecule has 0 unspecified atom stereocenters. The van der Waals surface area contributed by atoms with Gasteiger partial charge < -0.3 is 25.3 Å². The first-order valence-corrected chi connectivity index (χ1v) is 12.6. The molecule has 1 atom stereocenters. The van der Waals surface area contributed by atoms with Crippen molar-refractivity contribution in [2.45, 2.75) is 40.2 Å². The van der Waals surface area contributed by atoms with Crippen molar-refractivity contribution in [2.75, 3.05) is 19.8 Å². The molecule has 200 valence electrons. The smallest absolute Gasteiger partial charge is 0.262 e. The van der Waals surface area contributed by atoms with Crippen molar-refractivity contribution in [2.24, 2.45) is 16.8 Å². The molecule has 2 rings (SSSR count). The minimum absolute atomic E-state index is 0.148. The second-order valence-corrected chi connectivity index (χ2v) is 9.41. The summed E-state index contributed by atoms with van der Waals surface area (Å²) in [6.45, 7) is 7.44. The first-order valence-electron chi connectivity index (χ1n) is 11.8. The summed E-state index contributed by atoms with van der Waals surface area (Å²) in [5, 5.41) is 6.75. The lowest BCUT2D eigenvalue weighted by Crippen LogP contribution is -2.47. The molecule has 0 aliphatic rings. The largest absolute Gasteiger partial charge is 0.490 e. The molecule has 4 N–H and O–H groups in total. The summed E-state index contributed by atoms with van der Waals surface area (Å²) in [7, 11) is 0. The van der Waals surface area contributed by atoms with Crippen LogP contribution in [0.15, 0.2) is 46.0 Å². The zero-order chi connectivity index (χ0) is 27.4. The van der Waals surface area contributed by atoms with Gasteiger partial charge in [-0.05, 0) is 71.4 Å². The average Bonchev–Trinajstić information content (AvgIpc) is 2.82. The molecular formula is C26H33BrN4O6. The van der Waals surface area contributed by atoms with E-state index in [1.54, 1.807) is 18.2 Å². The Morgan fingerprint density at radius 2 is 1.81 bits per heavy atom. The predicted molar refractivity (Wildman–Crippen MR) is 144 cm³/mol. The number of hydrazone groups is 1. The molecule has 0 bridgehead atoms. The number of aryl methyl sites for hydroxylation is 1. The van der Waals surface area contributed by atoms with Gasteiger partial charge in [0, 0.05) is 0 Å². The lowest BCUT2D eigenvalue weighted by Gasteiger charge is -2.19. The van der Waals surface area contributed by atoms with E-state index in [-0.39, 0.29) is 19.1 Å². The SMILES string of the molecule is CCOc1cc(/C=N\NC(=O)[C@@H](CC(C)C)NC(=O)COc2ccccc2C)cc(Br)c1OCC(N)=O. The molecule has 0 aromatic heterocycles. The summed E-state index contributed by atoms with van der Waals surface area (Å²) >= 11 is 3.39. The van der Waals surface area contributed by atoms with E-state index in [0.29, 0.717) is 40.3 Å². The lowest BCUT2D eigenvalue weighted by molar-refractivity contribution is -0.130. The predicted octanol–water partition coefficient (Wildman–Crippen LogP) is 3.08. The van der Waals surface area contributed by atoms with Gasteiger partial charge in [0.25, 0.3) is 17.7 Å². The van der Waals surface area contributed by atoms with Crippen molar-refractivity contribution in [3.63, 3.8) is 0 Å². The van der Waals surface area contributed by atoms with Gasteiger partial charge in [0.05, 0.1) is 17.3 Å². The molecule has 0 spiro atoms. The highest BCUT2D eigenvalue weighted by molar-refractivity contribution is 9.10. The number of halogens is 1. The third-order valence-corrected chi connectivity index (χ3v) is 5.48. The maximum atomic E-state index is 12.8. The summed E-state index contributed by atoms with van der Waals surface area (Å²) in [6, 6.07) is 9.92. The van der Waals surface area contributed by atoms with Crippen molar-refractivity contribution in [1.29, 1.82) is 0 Å². The van der Waals surface area contributed by atoms with Gasteiger partial charge in [-0.1, -0.05) is 32.0 Å². The minimum Gasteiger partial charge on any atom is -0.490 e. The van der Waals surface area contributed by atoms with Crippen molar-refractivity contribution < 1.29 is 28.6 Å². The van der Waals surface area contributed by atoms with Crippen LogP contribution in [0.4, 0.5) is 0 Å². The topological polar surface area (TPSA) is 141 Å². The highest BCUT2D eigenvalue weighted by Gasteiger charge is 2.22. The number of para-hydroxylation sites is 1. The molecule has 0 aliphatic heterocycles. The van der Waals surface area contributed by atoms with Crippen LogP contribution < -0.4 is 30.7 Å². The summed E-state index contributed by atoms with van der Waals surface area (Å²) in [4.78, 5) is 36.3. The number of carbonyl (C=O) groups is 3. The number of ether oxygens (including phenoxy) is 3. The molecule has 3 amide bonds. The van der Waals surface area contributed by atoms with E-state index in [4.69, 9.17) is 19.9 Å². The number of nitrogens with two attached hydrogens (primary N) is 1. The van der Waals surface area contributed by atoms with Gasteiger partial charge in [-0.3, -0.25) is 14.4 Å². The quantitative estimate of drug-likeness (QED) is 0.233. The molecular weight excluding hydrogens is 544 g/mol. The van der Waals surface area contributed by atoms with Gasteiger partial charge in [-0.25, -0.2) is 5.43 Å². The molecule has 37 heavy (non-hydrogen) atoms. The maximum Gasteiger partial charge on any atom is 0.262 e. The molecule has 0 radical (unpaired) electrons. The van der Waals surface area contributed by atoms with Crippen molar-refractivity contribution in [1.82, 2.24) is 10.7 Å². The number of rotatable bonds is 14. The second-order valence-electron chi connectivity index (χ2n) is 8.56. The fourth-order valence-electron chi connectivity index (χ4n) is 3.26. The number of primary amides is 1. The van der Waals surface area contributed by atoms with Gasteiger partial charge in [0.1, 0.15) is 11.8 Å². The molecule has 10 nitrogen and oxygen atoms in total. The number of hydrogen-bond acceptors (Lipinski definition) is 7. The first-order chi connectivity index (χ1) is 17.6. The van der Waals surface area contributed by atoms with Crippen molar-refractivity contribution in [3.05, 3.63) is 52.0 Å².